The van der Waals surface area contributed by atoms with Gasteiger partial charge in [0, 0.05) is 17.6 Å². The van der Waals surface area contributed by atoms with Crippen molar-refractivity contribution in [1.29, 1.82) is 0 Å². The molecule has 0 bridgehead atoms. The van der Waals surface area contributed by atoms with E-state index in [1.807, 2.05) is 35.2 Å². The fraction of sp³-hybridized carbons (Fsp3) is 0.471. The third-order valence-electron chi connectivity index (χ3n) is 4.67. The number of H-pyrrole nitrogens is 1. The van der Waals surface area contributed by atoms with E-state index in [0.29, 0.717) is 17.4 Å². The average Bonchev–Trinajstić information content (AvgIpc) is 3.22. The van der Waals surface area contributed by atoms with Crippen LogP contribution in [0.25, 0.3) is 11.4 Å². The van der Waals surface area contributed by atoms with Crippen molar-refractivity contribution in [2.45, 2.75) is 36.5 Å². The van der Waals surface area contributed by atoms with Gasteiger partial charge in [-0.25, -0.2) is 13.4 Å². The Hall–Kier alpha value is -1.87. The maximum atomic E-state index is 12.7. The summed E-state index contributed by atoms with van der Waals surface area (Å²) in [5.74, 6) is 1.15. The second-order valence-electron chi connectivity index (χ2n) is 6.71. The summed E-state index contributed by atoms with van der Waals surface area (Å²) in [6.07, 6.45) is 2.48. The van der Waals surface area contributed by atoms with Gasteiger partial charge in [0.2, 0.25) is 11.1 Å². The Bertz CT molecular complexity index is 894. The average molecular weight is 393 g/mol. The number of carbonyl (C=O) groups excluding carboxylic acids is 1. The first-order valence-electron chi connectivity index (χ1n) is 8.64. The highest BCUT2D eigenvalue weighted by Crippen LogP contribution is 2.33. The van der Waals surface area contributed by atoms with Crippen molar-refractivity contribution in [3.63, 3.8) is 0 Å². The highest BCUT2D eigenvalue weighted by molar-refractivity contribution is 7.99. The molecular weight excluding hydrogens is 372 g/mol. The van der Waals surface area contributed by atoms with E-state index in [1.165, 1.54) is 11.8 Å². The van der Waals surface area contributed by atoms with Crippen LogP contribution in [0, 0.1) is 0 Å². The molecule has 2 aromatic rings. The van der Waals surface area contributed by atoms with Crippen molar-refractivity contribution in [3.05, 3.63) is 30.3 Å². The highest BCUT2D eigenvalue weighted by atomic mass is 32.2. The van der Waals surface area contributed by atoms with Crippen LogP contribution in [-0.2, 0) is 14.6 Å². The second-order valence-corrected chi connectivity index (χ2v) is 9.88. The van der Waals surface area contributed by atoms with E-state index < -0.39 is 9.84 Å². The monoisotopic (exact) mass is 392 g/mol. The molecule has 2 fully saturated rings. The number of aromatic amines is 1. The van der Waals surface area contributed by atoms with Crippen LogP contribution in [0.15, 0.2) is 35.5 Å². The number of nitrogens with zero attached hydrogens (tertiary/aromatic N) is 3. The molecule has 0 spiro atoms. The van der Waals surface area contributed by atoms with Crippen molar-refractivity contribution in [2.24, 2.45) is 0 Å². The molecule has 1 saturated carbocycles. The first kappa shape index (κ1) is 17.5. The third kappa shape index (κ3) is 3.93. The molecule has 4 rings (SSSR count). The molecule has 1 N–H and O–H groups in total. The van der Waals surface area contributed by atoms with Crippen LogP contribution in [0.4, 0.5) is 0 Å². The van der Waals surface area contributed by atoms with Gasteiger partial charge in [0.15, 0.2) is 15.7 Å². The Morgan fingerprint density at radius 1 is 1.19 bits per heavy atom. The number of thioether (sulfide) groups is 1. The summed E-state index contributed by atoms with van der Waals surface area (Å²) < 4.78 is 23.5. The molecule has 1 aliphatic carbocycles. The first-order valence-corrected chi connectivity index (χ1v) is 11.4. The fourth-order valence-corrected chi connectivity index (χ4v) is 5.67. The number of hydrogen-bond acceptors (Lipinski definition) is 6. The minimum Gasteiger partial charge on any atom is -0.335 e. The van der Waals surface area contributed by atoms with E-state index in [4.69, 9.17) is 0 Å². The lowest BCUT2D eigenvalue weighted by Gasteiger charge is -2.28. The molecule has 0 unspecified atom stereocenters. The smallest absolute Gasteiger partial charge is 0.233 e. The van der Waals surface area contributed by atoms with E-state index in [9.17, 15) is 13.2 Å². The van der Waals surface area contributed by atoms with Crippen LogP contribution in [0.1, 0.15) is 19.3 Å². The lowest BCUT2D eigenvalue weighted by molar-refractivity contribution is -0.130. The molecule has 26 heavy (non-hydrogen) atoms. The summed E-state index contributed by atoms with van der Waals surface area (Å²) in [4.78, 5) is 18.9. The normalized spacial score (nSPS) is 21.6. The van der Waals surface area contributed by atoms with E-state index in [-0.39, 0.29) is 35.2 Å². The highest BCUT2D eigenvalue weighted by Gasteiger charge is 2.41. The number of rotatable bonds is 6. The molecule has 9 heteroatoms. The largest absolute Gasteiger partial charge is 0.335 e. The molecule has 2 heterocycles. The van der Waals surface area contributed by atoms with Gasteiger partial charge in [-0.1, -0.05) is 42.1 Å². The molecule has 7 nitrogen and oxygen atoms in total. The van der Waals surface area contributed by atoms with Crippen LogP contribution in [0.3, 0.4) is 0 Å². The van der Waals surface area contributed by atoms with Crippen molar-refractivity contribution < 1.29 is 13.2 Å². The van der Waals surface area contributed by atoms with Gasteiger partial charge in [0.1, 0.15) is 0 Å². The summed E-state index contributed by atoms with van der Waals surface area (Å²) in [6.45, 7) is 0. The number of benzene rings is 1. The zero-order valence-electron chi connectivity index (χ0n) is 14.2. The molecule has 2 aliphatic rings. The van der Waals surface area contributed by atoms with Crippen molar-refractivity contribution >= 4 is 27.5 Å². The van der Waals surface area contributed by atoms with Crippen molar-refractivity contribution in [1.82, 2.24) is 20.1 Å². The van der Waals surface area contributed by atoms with Crippen LogP contribution in [-0.4, -0.2) is 63.7 Å². The topological polar surface area (TPSA) is 96.0 Å². The maximum absolute atomic E-state index is 12.7. The lowest BCUT2D eigenvalue weighted by Crippen LogP contribution is -2.43. The zero-order chi connectivity index (χ0) is 18.1. The van der Waals surface area contributed by atoms with Crippen LogP contribution in [0.2, 0.25) is 0 Å². The molecule has 0 radical (unpaired) electrons. The Morgan fingerprint density at radius 3 is 2.62 bits per heavy atom. The standard InChI is InChI=1S/C17H20N4O3S2/c22-15(21(13-6-7-13)14-8-9-26(23,24)11-14)10-25-17-18-16(19-20-17)12-4-2-1-3-5-12/h1-5,13-14H,6-11H2,(H,18,19,20)/t14-/m1/s1. The number of aromatic nitrogens is 3. The van der Waals surface area contributed by atoms with E-state index >= 15 is 0 Å². The molecule has 1 atom stereocenters. The summed E-state index contributed by atoms with van der Waals surface area (Å²) in [5.41, 5.74) is 0.939. The van der Waals surface area contributed by atoms with Crippen molar-refractivity contribution in [2.75, 3.05) is 17.3 Å². The Balaban J connectivity index is 1.39. The van der Waals surface area contributed by atoms with Gasteiger partial charge >= 0.3 is 0 Å². The number of amides is 1. The van der Waals surface area contributed by atoms with Gasteiger partial charge < -0.3 is 4.90 Å². The predicted molar refractivity (Wildman–Crippen MR) is 99.5 cm³/mol. The van der Waals surface area contributed by atoms with E-state index in [1.54, 1.807) is 0 Å². The van der Waals surface area contributed by atoms with Crippen LogP contribution >= 0.6 is 11.8 Å². The number of sulfone groups is 1. The van der Waals surface area contributed by atoms with Gasteiger partial charge in [-0.15, -0.1) is 5.10 Å². The molecule has 1 saturated heterocycles. The number of hydrogen-bond donors (Lipinski definition) is 1. The summed E-state index contributed by atoms with van der Waals surface area (Å²) in [6, 6.07) is 9.70. The summed E-state index contributed by atoms with van der Waals surface area (Å²) in [7, 11) is -3.00. The predicted octanol–water partition coefficient (Wildman–Crippen LogP) is 1.74. The van der Waals surface area contributed by atoms with E-state index in [2.05, 4.69) is 15.2 Å². The second kappa shape index (κ2) is 7.03. The van der Waals surface area contributed by atoms with Crippen LogP contribution < -0.4 is 0 Å². The number of nitrogens with one attached hydrogen (secondary N) is 1. The quantitative estimate of drug-likeness (QED) is 0.753. The van der Waals surface area contributed by atoms with Gasteiger partial charge in [-0.05, 0) is 19.3 Å². The van der Waals surface area contributed by atoms with E-state index in [0.717, 1.165) is 18.4 Å². The molecular formula is C17H20N4O3S2. The summed E-state index contributed by atoms with van der Waals surface area (Å²) in [5, 5.41) is 7.58. The summed E-state index contributed by atoms with van der Waals surface area (Å²) >= 11 is 1.28. The number of carbonyl (C=O) groups is 1. The Morgan fingerprint density at radius 2 is 1.96 bits per heavy atom. The maximum Gasteiger partial charge on any atom is 0.233 e. The minimum atomic E-state index is -3.00. The molecule has 1 amide bonds. The zero-order valence-corrected chi connectivity index (χ0v) is 15.8. The Kier molecular flexibility index (Phi) is 4.74. The van der Waals surface area contributed by atoms with Crippen LogP contribution in [0.5, 0.6) is 0 Å². The van der Waals surface area contributed by atoms with Gasteiger partial charge in [0.25, 0.3) is 0 Å². The first-order chi connectivity index (χ1) is 12.5. The fourth-order valence-electron chi connectivity index (χ4n) is 3.29. The molecule has 1 aromatic heterocycles. The molecule has 138 valence electrons. The van der Waals surface area contributed by atoms with Gasteiger partial charge in [0.05, 0.1) is 17.3 Å². The lowest BCUT2D eigenvalue weighted by atomic mass is 10.2. The van der Waals surface area contributed by atoms with Gasteiger partial charge in [-0.2, -0.15) is 0 Å². The third-order valence-corrected chi connectivity index (χ3v) is 7.25. The van der Waals surface area contributed by atoms with Gasteiger partial charge in [-0.3, -0.25) is 9.89 Å². The molecule has 1 aliphatic heterocycles. The van der Waals surface area contributed by atoms with Crippen molar-refractivity contribution in [3.8, 4) is 11.4 Å². The minimum absolute atomic E-state index is 0.0225. The molecule has 1 aromatic carbocycles. The Labute approximate surface area is 156 Å². The SMILES string of the molecule is O=C(CSc1n[nH]c(-c2ccccc2)n1)N(C1CC1)[C@@H]1CCS(=O)(=O)C1.